The van der Waals surface area contributed by atoms with Gasteiger partial charge < -0.3 is 19.5 Å². The first-order valence-corrected chi connectivity index (χ1v) is 8.80. The third-order valence-electron chi connectivity index (χ3n) is 4.93. The number of aromatic amines is 2. The van der Waals surface area contributed by atoms with Crippen LogP contribution in [0.25, 0.3) is 22.0 Å². The van der Waals surface area contributed by atoms with Crippen molar-refractivity contribution in [1.82, 2.24) is 10.2 Å². The van der Waals surface area contributed by atoms with Crippen LogP contribution in [0.4, 0.5) is 5.82 Å². The van der Waals surface area contributed by atoms with E-state index in [1.807, 2.05) is 30.3 Å². The van der Waals surface area contributed by atoms with Gasteiger partial charge in [-0.1, -0.05) is 12.1 Å². The van der Waals surface area contributed by atoms with Crippen LogP contribution in [0.1, 0.15) is 18.5 Å². The van der Waals surface area contributed by atoms with Gasteiger partial charge in [-0.25, -0.2) is 0 Å². The molecule has 1 aliphatic carbocycles. The Labute approximate surface area is 157 Å². The number of anilines is 1. The van der Waals surface area contributed by atoms with Crippen LogP contribution in [-0.2, 0) is 0 Å². The Balaban J connectivity index is 1.68. The molecule has 0 fully saturated rings. The van der Waals surface area contributed by atoms with E-state index in [4.69, 9.17) is 14.2 Å². The minimum atomic E-state index is 0.109. The third-order valence-corrected chi connectivity index (χ3v) is 4.93. The molecule has 2 aromatic carbocycles. The van der Waals surface area contributed by atoms with Gasteiger partial charge >= 0.3 is 0 Å². The largest absolute Gasteiger partial charge is 0.497 e. The number of hydrogen-bond acceptors (Lipinski definition) is 4. The number of ether oxygens (including phenoxy) is 3. The minimum absolute atomic E-state index is 0.109. The standard InChI is InChI=1S/C21H23N3O3/c1-12(13-6-5-7-15(8-13)25-2)22-21-17-9-14-10-18(26-3)19(27-4)11-16(14)20(17)23-24-21/h5-12,22-24H,1-4H3/t12-/m0/s1. The molecular formula is C21H23N3O3. The molecule has 0 spiro atoms. The topological polar surface area (TPSA) is 71.3 Å². The third kappa shape index (κ3) is 2.93. The maximum absolute atomic E-state index is 5.44. The van der Waals surface area contributed by atoms with E-state index in [1.54, 1.807) is 21.3 Å². The average molecular weight is 365 g/mol. The van der Waals surface area contributed by atoms with Crippen molar-refractivity contribution < 1.29 is 14.2 Å². The van der Waals surface area contributed by atoms with Gasteiger partial charge in [-0.2, -0.15) is 0 Å². The number of methoxy groups -OCH3 is 3. The highest BCUT2D eigenvalue weighted by atomic mass is 16.5. The van der Waals surface area contributed by atoms with Crippen molar-refractivity contribution in [2.45, 2.75) is 13.0 Å². The molecule has 0 aromatic heterocycles. The van der Waals surface area contributed by atoms with E-state index >= 15 is 0 Å². The Morgan fingerprint density at radius 3 is 2.41 bits per heavy atom. The van der Waals surface area contributed by atoms with E-state index in [2.05, 4.69) is 34.6 Å². The van der Waals surface area contributed by atoms with Crippen molar-refractivity contribution in [2.24, 2.45) is 0 Å². The second-order valence-corrected chi connectivity index (χ2v) is 6.50. The fourth-order valence-corrected chi connectivity index (χ4v) is 3.45. The van der Waals surface area contributed by atoms with Crippen molar-refractivity contribution in [3.63, 3.8) is 0 Å². The normalized spacial score (nSPS) is 12.3. The second-order valence-electron chi connectivity index (χ2n) is 6.50. The van der Waals surface area contributed by atoms with E-state index in [9.17, 15) is 0 Å². The van der Waals surface area contributed by atoms with Gasteiger partial charge in [0.25, 0.3) is 0 Å². The molecular weight excluding hydrogens is 342 g/mol. The molecule has 27 heavy (non-hydrogen) atoms. The fraction of sp³-hybridized carbons (Fsp3) is 0.238. The molecule has 140 valence electrons. The van der Waals surface area contributed by atoms with E-state index < -0.39 is 0 Å². The number of H-pyrrole nitrogens is 2. The van der Waals surface area contributed by atoms with Gasteiger partial charge in [-0.3, -0.25) is 10.2 Å². The highest BCUT2D eigenvalue weighted by molar-refractivity contribution is 6.05. The summed E-state index contributed by atoms with van der Waals surface area (Å²) in [5.74, 6) is 3.23. The predicted octanol–water partition coefficient (Wildman–Crippen LogP) is 4.80. The molecule has 0 saturated carbocycles. The van der Waals surface area contributed by atoms with Crippen molar-refractivity contribution in [1.29, 1.82) is 0 Å². The molecule has 6 heteroatoms. The van der Waals surface area contributed by atoms with Crippen LogP contribution < -0.4 is 19.5 Å². The Morgan fingerprint density at radius 1 is 0.889 bits per heavy atom. The van der Waals surface area contributed by atoms with Crippen LogP contribution in [-0.4, -0.2) is 31.5 Å². The average Bonchev–Trinajstić information content (AvgIpc) is 3.26. The molecule has 4 rings (SSSR count). The molecule has 0 radical (unpaired) electrons. The molecule has 0 unspecified atom stereocenters. The molecule has 3 N–H and O–H groups in total. The number of fused-ring (bicyclic) bond motifs is 3. The summed E-state index contributed by atoms with van der Waals surface area (Å²) >= 11 is 0. The molecule has 0 amide bonds. The number of nitrogens with one attached hydrogen (secondary N) is 3. The highest BCUT2D eigenvalue weighted by Gasteiger charge is 2.20. The Kier molecular flexibility index (Phi) is 4.32. The van der Waals surface area contributed by atoms with Gasteiger partial charge in [0, 0.05) is 10.9 Å². The first-order chi connectivity index (χ1) is 13.1. The quantitative estimate of drug-likeness (QED) is 0.459. The Hall–Kier alpha value is -3.28. The second kappa shape index (κ2) is 6.79. The van der Waals surface area contributed by atoms with Crippen LogP contribution in [0.5, 0.6) is 17.2 Å². The SMILES string of the molecule is COc1cccc([C@H](C)Nc2[nH][nH]c3c4cc(OC)c(OC)cc4cc2-3)c1. The Morgan fingerprint density at radius 2 is 1.67 bits per heavy atom. The molecule has 1 aliphatic heterocycles. The lowest BCUT2D eigenvalue weighted by molar-refractivity contribution is 0.356. The van der Waals surface area contributed by atoms with Crippen LogP contribution in [0.2, 0.25) is 0 Å². The monoisotopic (exact) mass is 365 g/mol. The number of aromatic nitrogens is 2. The first-order valence-electron chi connectivity index (χ1n) is 8.80. The maximum Gasteiger partial charge on any atom is 0.161 e. The summed E-state index contributed by atoms with van der Waals surface area (Å²) in [5, 5.41) is 12.2. The predicted molar refractivity (Wildman–Crippen MR) is 107 cm³/mol. The summed E-state index contributed by atoms with van der Waals surface area (Å²) in [4.78, 5) is 0. The smallest absolute Gasteiger partial charge is 0.161 e. The number of rotatable bonds is 6. The zero-order chi connectivity index (χ0) is 19.0. The Bertz CT molecular complexity index is 1050. The van der Waals surface area contributed by atoms with Gasteiger partial charge in [0.15, 0.2) is 11.5 Å². The van der Waals surface area contributed by atoms with Crippen molar-refractivity contribution >= 4 is 16.6 Å². The van der Waals surface area contributed by atoms with E-state index in [0.717, 1.165) is 44.9 Å². The molecule has 0 saturated heterocycles. The van der Waals surface area contributed by atoms with Crippen molar-refractivity contribution in [3.05, 3.63) is 48.0 Å². The van der Waals surface area contributed by atoms with Crippen LogP contribution in [0, 0.1) is 0 Å². The summed E-state index contributed by atoms with van der Waals surface area (Å²) in [5.41, 5.74) is 3.28. The molecule has 2 aliphatic rings. The summed E-state index contributed by atoms with van der Waals surface area (Å²) in [6.45, 7) is 2.12. The highest BCUT2D eigenvalue weighted by Crippen LogP contribution is 2.42. The molecule has 1 heterocycles. The van der Waals surface area contributed by atoms with Crippen LogP contribution in [0.15, 0.2) is 42.5 Å². The van der Waals surface area contributed by atoms with Gasteiger partial charge in [-0.05, 0) is 48.2 Å². The van der Waals surface area contributed by atoms with Gasteiger partial charge in [-0.15, -0.1) is 0 Å². The van der Waals surface area contributed by atoms with Crippen LogP contribution in [0.3, 0.4) is 0 Å². The first kappa shape index (κ1) is 17.1. The van der Waals surface area contributed by atoms with E-state index in [1.165, 1.54) is 0 Å². The van der Waals surface area contributed by atoms with Gasteiger partial charge in [0.1, 0.15) is 11.6 Å². The van der Waals surface area contributed by atoms with E-state index in [0.29, 0.717) is 5.75 Å². The van der Waals surface area contributed by atoms with Gasteiger partial charge in [0.05, 0.1) is 33.1 Å². The molecule has 6 nitrogen and oxygen atoms in total. The lowest BCUT2D eigenvalue weighted by Gasteiger charge is -2.15. The molecule has 2 aromatic rings. The van der Waals surface area contributed by atoms with Crippen LogP contribution >= 0.6 is 0 Å². The molecule has 1 atom stereocenters. The fourth-order valence-electron chi connectivity index (χ4n) is 3.45. The zero-order valence-electron chi connectivity index (χ0n) is 15.8. The number of benzene rings is 2. The lowest BCUT2D eigenvalue weighted by Crippen LogP contribution is -2.07. The summed E-state index contributed by atoms with van der Waals surface area (Å²) in [6, 6.07) is 14.3. The van der Waals surface area contributed by atoms with Gasteiger partial charge in [0.2, 0.25) is 0 Å². The van der Waals surface area contributed by atoms with Crippen molar-refractivity contribution in [3.8, 4) is 28.5 Å². The number of hydrogen-bond donors (Lipinski definition) is 3. The zero-order valence-corrected chi connectivity index (χ0v) is 15.8. The lowest BCUT2D eigenvalue weighted by atomic mass is 10.1. The summed E-state index contributed by atoms with van der Waals surface area (Å²) < 4.78 is 16.2. The van der Waals surface area contributed by atoms with Crippen molar-refractivity contribution in [2.75, 3.05) is 26.6 Å². The van der Waals surface area contributed by atoms with E-state index in [-0.39, 0.29) is 6.04 Å². The molecule has 0 bridgehead atoms. The minimum Gasteiger partial charge on any atom is -0.497 e. The maximum atomic E-state index is 5.44. The summed E-state index contributed by atoms with van der Waals surface area (Å²) in [6.07, 6.45) is 0. The summed E-state index contributed by atoms with van der Waals surface area (Å²) in [7, 11) is 4.97.